The molecule has 2 aromatic carbocycles. The molecule has 1 heterocycles. The van der Waals surface area contributed by atoms with E-state index >= 15 is 0 Å². The molecule has 0 saturated heterocycles. The second kappa shape index (κ2) is 7.19. The van der Waals surface area contributed by atoms with Crippen LogP contribution >= 0.6 is 11.8 Å². The van der Waals surface area contributed by atoms with E-state index in [4.69, 9.17) is 4.42 Å². The molecule has 1 atom stereocenters. The van der Waals surface area contributed by atoms with Gasteiger partial charge in [0.1, 0.15) is 5.82 Å². The summed E-state index contributed by atoms with van der Waals surface area (Å²) in [6.45, 7) is 5.77. The van der Waals surface area contributed by atoms with E-state index in [1.165, 1.54) is 36.0 Å². The van der Waals surface area contributed by atoms with Crippen molar-refractivity contribution in [3.05, 3.63) is 65.0 Å². The minimum atomic E-state index is -0.419. The van der Waals surface area contributed by atoms with Crippen LogP contribution in [0, 0.1) is 19.7 Å². The van der Waals surface area contributed by atoms with Crippen LogP contribution in [0.4, 0.5) is 4.39 Å². The molecule has 0 unspecified atom stereocenters. The molecule has 25 heavy (non-hydrogen) atoms. The zero-order valence-electron chi connectivity index (χ0n) is 14.1. The monoisotopic (exact) mass is 356 g/mol. The maximum absolute atomic E-state index is 13.0. The van der Waals surface area contributed by atoms with Gasteiger partial charge in [0.05, 0.1) is 5.25 Å². The van der Waals surface area contributed by atoms with Gasteiger partial charge in [-0.3, -0.25) is 4.79 Å². The summed E-state index contributed by atoms with van der Waals surface area (Å²) in [4.78, 5) is 12.4. The molecule has 3 rings (SSSR count). The van der Waals surface area contributed by atoms with E-state index in [2.05, 4.69) is 16.3 Å². The molecular formula is C19H17FN2O2S. The molecule has 0 radical (unpaired) electrons. The first-order valence-corrected chi connectivity index (χ1v) is 8.69. The number of aryl methyl sites for hydroxylation is 2. The molecule has 0 spiro atoms. The third-order valence-electron chi connectivity index (χ3n) is 3.65. The van der Waals surface area contributed by atoms with Gasteiger partial charge in [0, 0.05) is 11.1 Å². The van der Waals surface area contributed by atoms with Gasteiger partial charge in [-0.05, 0) is 57.2 Å². The molecule has 1 aromatic heterocycles. The molecule has 4 nitrogen and oxygen atoms in total. The van der Waals surface area contributed by atoms with E-state index < -0.39 is 5.25 Å². The Hall–Kier alpha value is -2.47. The van der Waals surface area contributed by atoms with Crippen molar-refractivity contribution in [1.82, 2.24) is 10.2 Å². The first-order valence-electron chi connectivity index (χ1n) is 7.81. The molecule has 0 N–H and O–H groups in total. The van der Waals surface area contributed by atoms with Crippen molar-refractivity contribution in [1.29, 1.82) is 0 Å². The summed E-state index contributed by atoms with van der Waals surface area (Å²) in [6.07, 6.45) is 0. The summed E-state index contributed by atoms with van der Waals surface area (Å²) in [6, 6.07) is 11.5. The summed E-state index contributed by atoms with van der Waals surface area (Å²) < 4.78 is 18.7. The van der Waals surface area contributed by atoms with Crippen molar-refractivity contribution in [2.75, 3.05) is 0 Å². The van der Waals surface area contributed by atoms with Gasteiger partial charge in [-0.25, -0.2) is 4.39 Å². The van der Waals surface area contributed by atoms with Crippen molar-refractivity contribution in [2.24, 2.45) is 0 Å². The summed E-state index contributed by atoms with van der Waals surface area (Å²) in [5.74, 6) is -0.0567. The summed E-state index contributed by atoms with van der Waals surface area (Å²) in [5, 5.41) is 8.00. The summed E-state index contributed by atoms with van der Waals surface area (Å²) in [5.41, 5.74) is 3.54. The number of benzene rings is 2. The van der Waals surface area contributed by atoms with Crippen molar-refractivity contribution in [3.8, 4) is 11.5 Å². The number of ketones is 1. The molecule has 0 amide bonds. The van der Waals surface area contributed by atoms with Gasteiger partial charge < -0.3 is 4.42 Å². The number of thioether (sulfide) groups is 1. The van der Waals surface area contributed by atoms with Crippen LogP contribution in [0.2, 0.25) is 0 Å². The van der Waals surface area contributed by atoms with E-state index in [-0.39, 0.29) is 11.6 Å². The Bertz CT molecular complexity index is 886. The summed E-state index contributed by atoms with van der Waals surface area (Å²) >= 11 is 1.19. The normalized spacial score (nSPS) is 12.2. The van der Waals surface area contributed by atoms with Crippen LogP contribution in [0.15, 0.2) is 52.1 Å². The molecule has 0 aliphatic heterocycles. The van der Waals surface area contributed by atoms with E-state index in [9.17, 15) is 9.18 Å². The highest BCUT2D eigenvalue weighted by atomic mass is 32.2. The van der Waals surface area contributed by atoms with Gasteiger partial charge in [-0.15, -0.1) is 10.2 Å². The lowest BCUT2D eigenvalue weighted by atomic mass is 10.1. The van der Waals surface area contributed by atoms with Crippen molar-refractivity contribution in [2.45, 2.75) is 31.2 Å². The second-order valence-corrected chi connectivity index (χ2v) is 7.17. The number of carbonyl (C=O) groups is 1. The van der Waals surface area contributed by atoms with Crippen LogP contribution in [0.1, 0.15) is 28.4 Å². The highest BCUT2D eigenvalue weighted by Crippen LogP contribution is 2.28. The highest BCUT2D eigenvalue weighted by molar-refractivity contribution is 8.00. The fourth-order valence-electron chi connectivity index (χ4n) is 2.53. The molecule has 128 valence electrons. The second-order valence-electron chi connectivity index (χ2n) is 5.88. The average molecular weight is 356 g/mol. The molecular weight excluding hydrogens is 339 g/mol. The number of rotatable bonds is 5. The lowest BCUT2D eigenvalue weighted by Gasteiger charge is -2.07. The largest absolute Gasteiger partial charge is 0.411 e. The molecule has 0 saturated carbocycles. The fourth-order valence-corrected chi connectivity index (χ4v) is 3.29. The van der Waals surface area contributed by atoms with Gasteiger partial charge in [0.15, 0.2) is 5.78 Å². The Morgan fingerprint density at radius 3 is 2.36 bits per heavy atom. The first-order chi connectivity index (χ1) is 11.9. The van der Waals surface area contributed by atoms with Crippen LogP contribution in [0.3, 0.4) is 0 Å². The fraction of sp³-hybridized carbons (Fsp3) is 0.211. The number of hydrogen-bond acceptors (Lipinski definition) is 5. The van der Waals surface area contributed by atoms with Crippen molar-refractivity contribution in [3.63, 3.8) is 0 Å². The van der Waals surface area contributed by atoms with E-state index in [1.807, 2.05) is 26.0 Å². The Balaban J connectivity index is 1.74. The van der Waals surface area contributed by atoms with E-state index in [0.717, 1.165) is 16.7 Å². The van der Waals surface area contributed by atoms with Gasteiger partial charge in [-0.1, -0.05) is 29.0 Å². The number of hydrogen-bond donors (Lipinski definition) is 0. The van der Waals surface area contributed by atoms with E-state index in [1.54, 1.807) is 6.92 Å². The van der Waals surface area contributed by atoms with Crippen LogP contribution < -0.4 is 0 Å². The standard InChI is InChI=1S/C19H17FN2O2S/c1-11-8-12(2)10-15(9-11)18-21-22-19(24-18)25-13(3)17(23)14-4-6-16(20)7-5-14/h4-10,13H,1-3H3/t13-/m1/s1. The van der Waals surface area contributed by atoms with Crippen LogP contribution in [-0.4, -0.2) is 21.2 Å². The third kappa shape index (κ3) is 4.14. The maximum Gasteiger partial charge on any atom is 0.277 e. The first kappa shape index (κ1) is 17.4. The summed E-state index contributed by atoms with van der Waals surface area (Å²) in [7, 11) is 0. The molecule has 0 aliphatic carbocycles. The SMILES string of the molecule is Cc1cc(C)cc(-c2nnc(S[C@H](C)C(=O)c3ccc(F)cc3)o2)c1. The Labute approximate surface area is 149 Å². The maximum atomic E-state index is 13.0. The number of Topliss-reactive ketones (excluding diaryl/α,β-unsaturated/α-hetero) is 1. The minimum absolute atomic E-state index is 0.115. The predicted molar refractivity (Wildman–Crippen MR) is 95.3 cm³/mol. The van der Waals surface area contributed by atoms with Gasteiger partial charge in [-0.2, -0.15) is 0 Å². The lowest BCUT2D eigenvalue weighted by Crippen LogP contribution is -2.13. The molecule has 6 heteroatoms. The Morgan fingerprint density at radius 2 is 1.72 bits per heavy atom. The minimum Gasteiger partial charge on any atom is -0.411 e. The zero-order valence-corrected chi connectivity index (χ0v) is 14.9. The van der Waals surface area contributed by atoms with Gasteiger partial charge in [0.2, 0.25) is 5.89 Å². The van der Waals surface area contributed by atoms with Crippen molar-refractivity contribution >= 4 is 17.5 Å². The van der Waals surface area contributed by atoms with Gasteiger partial charge >= 0.3 is 0 Å². The molecule has 3 aromatic rings. The predicted octanol–water partition coefficient (Wildman–Crippen LogP) is 4.86. The van der Waals surface area contributed by atoms with Crippen LogP contribution in [-0.2, 0) is 0 Å². The molecule has 0 bridgehead atoms. The third-order valence-corrected chi connectivity index (χ3v) is 4.58. The Morgan fingerprint density at radius 1 is 1.08 bits per heavy atom. The zero-order chi connectivity index (χ0) is 18.0. The Kier molecular flexibility index (Phi) is 4.99. The smallest absolute Gasteiger partial charge is 0.277 e. The van der Waals surface area contributed by atoms with Crippen LogP contribution in [0.5, 0.6) is 0 Å². The topological polar surface area (TPSA) is 56.0 Å². The quantitative estimate of drug-likeness (QED) is 0.483. The highest BCUT2D eigenvalue weighted by Gasteiger charge is 2.20. The van der Waals surface area contributed by atoms with Crippen molar-refractivity contribution < 1.29 is 13.6 Å². The number of carbonyl (C=O) groups excluding carboxylic acids is 1. The van der Waals surface area contributed by atoms with Crippen LogP contribution in [0.25, 0.3) is 11.5 Å². The molecule has 0 fully saturated rings. The average Bonchev–Trinajstić information content (AvgIpc) is 3.02. The lowest BCUT2D eigenvalue weighted by molar-refractivity contribution is 0.0993. The molecule has 0 aliphatic rings. The van der Waals surface area contributed by atoms with Gasteiger partial charge in [0.25, 0.3) is 5.22 Å². The van der Waals surface area contributed by atoms with E-state index in [0.29, 0.717) is 16.7 Å². The number of aromatic nitrogens is 2. The number of nitrogens with zero attached hydrogens (tertiary/aromatic N) is 2. The number of halogens is 1.